The highest BCUT2D eigenvalue weighted by Gasteiger charge is 2.11. The van der Waals surface area contributed by atoms with Gasteiger partial charge in [-0.3, -0.25) is 10.1 Å². The number of rotatable bonds is 4. The van der Waals surface area contributed by atoms with Crippen LogP contribution >= 0.6 is 15.9 Å². The van der Waals surface area contributed by atoms with Gasteiger partial charge in [0.2, 0.25) is 0 Å². The molecular weight excluding hydrogens is 326 g/mol. The van der Waals surface area contributed by atoms with Crippen molar-refractivity contribution in [2.45, 2.75) is 6.92 Å². The quantitative estimate of drug-likeness (QED) is 0.610. The van der Waals surface area contributed by atoms with Crippen molar-refractivity contribution in [1.29, 1.82) is 0 Å². The van der Waals surface area contributed by atoms with Gasteiger partial charge in [0.25, 0.3) is 5.69 Å². The maximum absolute atomic E-state index is 10.7. The summed E-state index contributed by atoms with van der Waals surface area (Å²) >= 11 is 3.39. The Labute approximate surface area is 124 Å². The lowest BCUT2D eigenvalue weighted by Crippen LogP contribution is -1.92. The molecule has 0 aliphatic carbocycles. The summed E-state index contributed by atoms with van der Waals surface area (Å²) in [6, 6.07) is 9.82. The molecule has 104 valence electrons. The van der Waals surface area contributed by atoms with Crippen LogP contribution in [0.5, 0.6) is 17.2 Å². The van der Waals surface area contributed by atoms with E-state index in [0.717, 1.165) is 4.47 Å². The molecule has 0 aromatic heterocycles. The van der Waals surface area contributed by atoms with Crippen molar-refractivity contribution >= 4 is 21.6 Å². The van der Waals surface area contributed by atoms with E-state index in [0.29, 0.717) is 22.8 Å². The van der Waals surface area contributed by atoms with Gasteiger partial charge in [0, 0.05) is 12.1 Å². The Morgan fingerprint density at radius 1 is 1.15 bits per heavy atom. The van der Waals surface area contributed by atoms with Crippen molar-refractivity contribution in [1.82, 2.24) is 0 Å². The van der Waals surface area contributed by atoms with Gasteiger partial charge < -0.3 is 9.47 Å². The second-order valence-corrected chi connectivity index (χ2v) is 4.96. The molecule has 0 saturated heterocycles. The van der Waals surface area contributed by atoms with Gasteiger partial charge in [0.15, 0.2) is 0 Å². The van der Waals surface area contributed by atoms with E-state index in [1.807, 2.05) is 0 Å². The molecule has 0 aliphatic heterocycles. The van der Waals surface area contributed by atoms with E-state index in [1.54, 1.807) is 38.3 Å². The summed E-state index contributed by atoms with van der Waals surface area (Å²) in [5.74, 6) is 1.90. The Hall–Kier alpha value is -2.08. The second-order valence-electron chi connectivity index (χ2n) is 4.11. The zero-order valence-electron chi connectivity index (χ0n) is 10.9. The average Bonchev–Trinajstić information content (AvgIpc) is 2.42. The zero-order valence-corrected chi connectivity index (χ0v) is 12.5. The highest BCUT2D eigenvalue weighted by molar-refractivity contribution is 9.10. The maximum atomic E-state index is 10.7. The summed E-state index contributed by atoms with van der Waals surface area (Å²) in [6.45, 7) is 1.76. The predicted molar refractivity (Wildman–Crippen MR) is 78.6 cm³/mol. The van der Waals surface area contributed by atoms with Crippen LogP contribution in [0, 0.1) is 17.0 Å². The number of aryl methyl sites for hydroxylation is 1. The Bertz CT molecular complexity index is 658. The lowest BCUT2D eigenvalue weighted by molar-refractivity contribution is -0.384. The van der Waals surface area contributed by atoms with Crippen LogP contribution in [0.1, 0.15) is 5.56 Å². The minimum Gasteiger partial charge on any atom is -0.497 e. The minimum atomic E-state index is -0.430. The number of nitrogens with zero attached hydrogens (tertiary/aromatic N) is 1. The average molecular weight is 338 g/mol. The van der Waals surface area contributed by atoms with Crippen LogP contribution in [-0.2, 0) is 0 Å². The van der Waals surface area contributed by atoms with Crippen molar-refractivity contribution in [3.63, 3.8) is 0 Å². The topological polar surface area (TPSA) is 61.6 Å². The molecule has 0 atom stereocenters. The Kier molecular flexibility index (Phi) is 4.24. The van der Waals surface area contributed by atoms with Gasteiger partial charge in [-0.2, -0.15) is 0 Å². The molecule has 0 saturated carbocycles. The summed E-state index contributed by atoms with van der Waals surface area (Å²) in [7, 11) is 1.59. The molecule has 0 radical (unpaired) electrons. The molecule has 5 nitrogen and oxygen atoms in total. The van der Waals surface area contributed by atoms with Crippen molar-refractivity contribution in [3.05, 3.63) is 56.5 Å². The molecule has 20 heavy (non-hydrogen) atoms. The first-order valence-corrected chi connectivity index (χ1v) is 6.57. The van der Waals surface area contributed by atoms with Gasteiger partial charge in [0.05, 0.1) is 16.5 Å². The third kappa shape index (κ3) is 3.08. The lowest BCUT2D eigenvalue weighted by Gasteiger charge is -2.11. The SMILES string of the molecule is COc1ccc(Oc2ccc([N+](=O)[O-])cc2C)c(Br)c1. The summed E-state index contributed by atoms with van der Waals surface area (Å²) in [5.41, 5.74) is 0.741. The molecule has 0 bridgehead atoms. The van der Waals surface area contributed by atoms with Crippen molar-refractivity contribution < 1.29 is 14.4 Å². The molecule has 6 heteroatoms. The molecule has 0 heterocycles. The van der Waals surface area contributed by atoms with E-state index in [-0.39, 0.29) is 5.69 Å². The molecule has 0 amide bonds. The minimum absolute atomic E-state index is 0.0450. The number of hydrogen-bond acceptors (Lipinski definition) is 4. The largest absolute Gasteiger partial charge is 0.497 e. The van der Waals surface area contributed by atoms with Gasteiger partial charge in [0.1, 0.15) is 17.2 Å². The zero-order chi connectivity index (χ0) is 14.7. The molecule has 2 aromatic carbocycles. The number of ether oxygens (including phenoxy) is 2. The smallest absolute Gasteiger partial charge is 0.269 e. The molecule has 0 N–H and O–H groups in total. The van der Waals surface area contributed by atoms with Gasteiger partial charge in [-0.25, -0.2) is 0 Å². The fraction of sp³-hybridized carbons (Fsp3) is 0.143. The first-order chi connectivity index (χ1) is 9.51. The first kappa shape index (κ1) is 14.3. The van der Waals surface area contributed by atoms with Crippen LogP contribution in [0.25, 0.3) is 0 Å². The highest BCUT2D eigenvalue weighted by Crippen LogP contribution is 2.34. The van der Waals surface area contributed by atoms with Crippen molar-refractivity contribution in [2.75, 3.05) is 7.11 Å². The number of non-ortho nitro benzene ring substituents is 1. The van der Waals surface area contributed by atoms with Gasteiger partial charge in [-0.15, -0.1) is 0 Å². The Balaban J connectivity index is 2.28. The van der Waals surface area contributed by atoms with E-state index >= 15 is 0 Å². The van der Waals surface area contributed by atoms with E-state index in [2.05, 4.69) is 15.9 Å². The summed E-state index contributed by atoms with van der Waals surface area (Å²) in [4.78, 5) is 10.3. The summed E-state index contributed by atoms with van der Waals surface area (Å²) < 4.78 is 11.6. The van der Waals surface area contributed by atoms with Crippen molar-refractivity contribution in [3.8, 4) is 17.2 Å². The van der Waals surface area contributed by atoms with Crippen LogP contribution in [0.2, 0.25) is 0 Å². The highest BCUT2D eigenvalue weighted by atomic mass is 79.9. The van der Waals surface area contributed by atoms with E-state index in [9.17, 15) is 10.1 Å². The Morgan fingerprint density at radius 2 is 1.85 bits per heavy atom. The third-order valence-corrected chi connectivity index (χ3v) is 3.35. The maximum Gasteiger partial charge on any atom is 0.269 e. The van der Waals surface area contributed by atoms with Crippen LogP contribution in [0.3, 0.4) is 0 Å². The normalized spacial score (nSPS) is 10.2. The van der Waals surface area contributed by atoms with E-state index in [4.69, 9.17) is 9.47 Å². The number of hydrogen-bond donors (Lipinski definition) is 0. The van der Waals surface area contributed by atoms with E-state index < -0.39 is 4.92 Å². The number of nitro groups is 1. The number of halogens is 1. The van der Waals surface area contributed by atoms with Crippen LogP contribution < -0.4 is 9.47 Å². The first-order valence-electron chi connectivity index (χ1n) is 5.77. The van der Waals surface area contributed by atoms with Crippen LogP contribution in [-0.4, -0.2) is 12.0 Å². The number of methoxy groups -OCH3 is 1. The standard InChI is InChI=1S/C14H12BrNO4/c1-9-7-10(16(17)18)3-5-13(9)20-14-6-4-11(19-2)8-12(14)15/h3-8H,1-2H3. The number of nitro benzene ring substituents is 1. The molecular formula is C14H12BrNO4. The van der Waals surface area contributed by atoms with Crippen LogP contribution in [0.15, 0.2) is 40.9 Å². The lowest BCUT2D eigenvalue weighted by atomic mass is 10.2. The van der Waals surface area contributed by atoms with Gasteiger partial charge >= 0.3 is 0 Å². The predicted octanol–water partition coefficient (Wildman–Crippen LogP) is 4.47. The van der Waals surface area contributed by atoms with Crippen LogP contribution in [0.4, 0.5) is 5.69 Å². The van der Waals surface area contributed by atoms with Gasteiger partial charge in [-0.05, 0) is 52.7 Å². The molecule has 0 unspecified atom stereocenters. The fourth-order valence-electron chi connectivity index (χ4n) is 1.67. The van der Waals surface area contributed by atoms with Crippen molar-refractivity contribution in [2.24, 2.45) is 0 Å². The molecule has 0 spiro atoms. The monoisotopic (exact) mass is 337 g/mol. The van der Waals surface area contributed by atoms with E-state index in [1.165, 1.54) is 12.1 Å². The van der Waals surface area contributed by atoms with Gasteiger partial charge in [-0.1, -0.05) is 0 Å². The summed E-state index contributed by atoms with van der Waals surface area (Å²) in [5, 5.41) is 10.7. The second kappa shape index (κ2) is 5.92. The fourth-order valence-corrected chi connectivity index (χ4v) is 2.11. The molecule has 0 aliphatic rings. The Morgan fingerprint density at radius 3 is 2.40 bits per heavy atom. The third-order valence-electron chi connectivity index (χ3n) is 2.73. The molecule has 2 rings (SSSR count). The molecule has 2 aromatic rings. The molecule has 0 fully saturated rings. The number of benzene rings is 2. The summed E-state index contributed by atoms with van der Waals surface area (Å²) in [6.07, 6.45) is 0.